The lowest BCUT2D eigenvalue weighted by Crippen LogP contribution is -2.19. The van der Waals surface area contributed by atoms with Crippen LogP contribution in [-0.2, 0) is 17.1 Å². The number of hydrogen-bond donors (Lipinski definition) is 3. The molecule has 0 fully saturated rings. The molecule has 0 aromatic carbocycles. The number of anilines is 2. The highest BCUT2D eigenvalue weighted by Crippen LogP contribution is 2.20. The summed E-state index contributed by atoms with van der Waals surface area (Å²) in [6.07, 6.45) is 3.85. The Morgan fingerprint density at radius 3 is 2.83 bits per heavy atom. The van der Waals surface area contributed by atoms with Crippen LogP contribution in [0.3, 0.4) is 0 Å². The normalized spacial score (nSPS) is 11.2. The number of nitrogen functional groups attached to an aromatic ring is 1. The predicted molar refractivity (Wildman–Crippen MR) is 63.9 cm³/mol. The Hall–Kier alpha value is -2.20. The first-order valence-electron chi connectivity index (χ1n) is 4.82. The van der Waals surface area contributed by atoms with E-state index in [1.165, 1.54) is 29.5 Å². The van der Waals surface area contributed by atoms with Gasteiger partial charge in [-0.15, -0.1) is 0 Å². The number of aromatic nitrogens is 4. The molecule has 0 spiro atoms. The summed E-state index contributed by atoms with van der Waals surface area (Å²) in [7, 11) is -2.26. The number of sulfonamides is 1. The van der Waals surface area contributed by atoms with Gasteiger partial charge in [-0.25, -0.2) is 17.8 Å². The molecule has 18 heavy (non-hydrogen) atoms. The highest BCUT2D eigenvalue weighted by molar-refractivity contribution is 7.92. The Labute approximate surface area is 103 Å². The van der Waals surface area contributed by atoms with Crippen molar-refractivity contribution in [3.8, 4) is 0 Å². The van der Waals surface area contributed by atoms with Gasteiger partial charge in [-0.2, -0.15) is 10.1 Å². The van der Waals surface area contributed by atoms with Crippen LogP contribution in [0.4, 0.5) is 11.6 Å². The van der Waals surface area contributed by atoms with Crippen molar-refractivity contribution < 1.29 is 8.42 Å². The number of pyridine rings is 1. The van der Waals surface area contributed by atoms with Crippen LogP contribution in [-0.4, -0.2) is 28.2 Å². The van der Waals surface area contributed by atoms with Gasteiger partial charge in [0.25, 0.3) is 10.0 Å². The maximum absolute atomic E-state index is 12.1. The van der Waals surface area contributed by atoms with Crippen molar-refractivity contribution in [2.75, 3.05) is 10.1 Å². The smallest absolute Gasteiger partial charge is 0.267 e. The van der Waals surface area contributed by atoms with Crippen molar-refractivity contribution in [2.24, 2.45) is 12.9 Å². The highest BCUT2D eigenvalue weighted by atomic mass is 32.2. The monoisotopic (exact) mass is 269 g/mol. The van der Waals surface area contributed by atoms with Crippen LogP contribution in [0.2, 0.25) is 0 Å². The Morgan fingerprint density at radius 2 is 2.22 bits per heavy atom. The molecule has 2 rings (SSSR count). The minimum absolute atomic E-state index is 0.0736. The van der Waals surface area contributed by atoms with Gasteiger partial charge in [-0.05, 0) is 6.07 Å². The number of hydrogen-bond acceptors (Lipinski definition) is 7. The zero-order valence-corrected chi connectivity index (χ0v) is 10.2. The molecule has 0 atom stereocenters. The molecule has 0 bridgehead atoms. The summed E-state index contributed by atoms with van der Waals surface area (Å²) >= 11 is 0. The molecule has 0 aliphatic carbocycles. The average Bonchev–Trinajstić information content (AvgIpc) is 2.74. The summed E-state index contributed by atoms with van der Waals surface area (Å²) in [5.41, 5.74) is 2.53. The average molecular weight is 269 g/mol. The third-order valence-corrected chi connectivity index (χ3v) is 3.52. The van der Waals surface area contributed by atoms with E-state index in [4.69, 9.17) is 5.84 Å². The van der Waals surface area contributed by atoms with Gasteiger partial charge in [-0.3, -0.25) is 10.8 Å². The second kappa shape index (κ2) is 4.58. The van der Waals surface area contributed by atoms with Crippen molar-refractivity contribution in [3.63, 3.8) is 0 Å². The SMILES string of the molecule is Cn1ncnc1NS(=O)(=O)c1cnccc1NN. The zero-order chi connectivity index (χ0) is 13.2. The van der Waals surface area contributed by atoms with E-state index in [-0.39, 0.29) is 16.5 Å². The van der Waals surface area contributed by atoms with E-state index in [9.17, 15) is 8.42 Å². The minimum atomic E-state index is -3.83. The fraction of sp³-hybridized carbons (Fsp3) is 0.125. The Kier molecular flexibility index (Phi) is 3.12. The fourth-order valence-electron chi connectivity index (χ4n) is 1.28. The summed E-state index contributed by atoms with van der Waals surface area (Å²) in [6, 6.07) is 1.45. The maximum atomic E-state index is 12.1. The summed E-state index contributed by atoms with van der Waals surface area (Å²) in [6.45, 7) is 0. The molecule has 2 aromatic rings. The van der Waals surface area contributed by atoms with Crippen molar-refractivity contribution in [1.29, 1.82) is 0 Å². The number of hydrazine groups is 1. The van der Waals surface area contributed by atoms with Gasteiger partial charge in [0.2, 0.25) is 5.95 Å². The van der Waals surface area contributed by atoms with Gasteiger partial charge in [0.15, 0.2) is 0 Å². The molecule has 0 aliphatic heterocycles. The molecule has 0 unspecified atom stereocenters. The van der Waals surface area contributed by atoms with Gasteiger partial charge >= 0.3 is 0 Å². The first-order valence-corrected chi connectivity index (χ1v) is 6.30. The molecule has 0 amide bonds. The second-order valence-electron chi connectivity index (χ2n) is 3.33. The van der Waals surface area contributed by atoms with E-state index in [1.807, 2.05) is 0 Å². The van der Waals surface area contributed by atoms with Crippen LogP contribution in [0.5, 0.6) is 0 Å². The molecule has 0 aliphatic rings. The molecule has 10 heteroatoms. The van der Waals surface area contributed by atoms with Crippen LogP contribution >= 0.6 is 0 Å². The summed E-state index contributed by atoms with van der Waals surface area (Å²) in [5, 5.41) is 3.76. The molecule has 4 N–H and O–H groups in total. The summed E-state index contributed by atoms with van der Waals surface area (Å²) in [5.74, 6) is 5.35. The minimum Gasteiger partial charge on any atom is -0.323 e. The van der Waals surface area contributed by atoms with Crippen LogP contribution < -0.4 is 16.0 Å². The molecule has 2 heterocycles. The van der Waals surface area contributed by atoms with Crippen molar-refractivity contribution in [3.05, 3.63) is 24.8 Å². The van der Waals surface area contributed by atoms with E-state index < -0.39 is 10.0 Å². The Morgan fingerprint density at radius 1 is 1.44 bits per heavy atom. The third kappa shape index (κ3) is 2.24. The van der Waals surface area contributed by atoms with Gasteiger partial charge in [0.1, 0.15) is 11.2 Å². The van der Waals surface area contributed by atoms with Crippen LogP contribution in [0, 0.1) is 0 Å². The zero-order valence-electron chi connectivity index (χ0n) is 9.40. The molecule has 96 valence electrons. The van der Waals surface area contributed by atoms with E-state index in [0.29, 0.717) is 0 Å². The molecule has 0 saturated heterocycles. The Balaban J connectivity index is 2.40. The molecule has 0 saturated carbocycles. The van der Waals surface area contributed by atoms with E-state index >= 15 is 0 Å². The topological polar surface area (TPSA) is 128 Å². The fourth-order valence-corrected chi connectivity index (χ4v) is 2.43. The number of nitrogens with two attached hydrogens (primary N) is 1. The molecular weight excluding hydrogens is 258 g/mol. The van der Waals surface area contributed by atoms with Gasteiger partial charge < -0.3 is 5.43 Å². The van der Waals surface area contributed by atoms with Gasteiger partial charge in [0, 0.05) is 19.4 Å². The quantitative estimate of drug-likeness (QED) is 0.494. The molecule has 2 aromatic heterocycles. The summed E-state index contributed by atoms with van der Waals surface area (Å²) in [4.78, 5) is 7.45. The number of rotatable bonds is 4. The first-order chi connectivity index (χ1) is 8.54. The van der Waals surface area contributed by atoms with Gasteiger partial charge in [-0.1, -0.05) is 0 Å². The highest BCUT2D eigenvalue weighted by Gasteiger charge is 2.20. The largest absolute Gasteiger partial charge is 0.323 e. The molecule has 0 radical (unpaired) electrons. The maximum Gasteiger partial charge on any atom is 0.267 e. The van der Waals surface area contributed by atoms with E-state index in [0.717, 1.165) is 0 Å². The van der Waals surface area contributed by atoms with Crippen LogP contribution in [0.1, 0.15) is 0 Å². The number of nitrogens with one attached hydrogen (secondary N) is 2. The lowest BCUT2D eigenvalue weighted by molar-refractivity contribution is 0.600. The van der Waals surface area contributed by atoms with Crippen LogP contribution in [0.25, 0.3) is 0 Å². The van der Waals surface area contributed by atoms with E-state index in [2.05, 4.69) is 25.2 Å². The lowest BCUT2D eigenvalue weighted by Gasteiger charge is -2.10. The van der Waals surface area contributed by atoms with Crippen molar-refractivity contribution >= 4 is 21.7 Å². The van der Waals surface area contributed by atoms with Gasteiger partial charge in [0.05, 0.1) is 5.69 Å². The standard InChI is InChI=1S/C8H11N7O2S/c1-15-8(11-5-12-15)14-18(16,17)7-4-10-3-2-6(7)13-9/h2-5H,9H2,1H3,(H,10,13)(H,11,12,14). The van der Waals surface area contributed by atoms with Crippen molar-refractivity contribution in [2.45, 2.75) is 4.90 Å². The molecule has 9 nitrogen and oxygen atoms in total. The predicted octanol–water partition coefficient (Wildman–Crippen LogP) is -0.704. The Bertz CT molecular complexity index is 651. The van der Waals surface area contributed by atoms with Crippen molar-refractivity contribution in [1.82, 2.24) is 19.7 Å². The third-order valence-electron chi connectivity index (χ3n) is 2.17. The number of nitrogens with zero attached hydrogens (tertiary/aromatic N) is 4. The first kappa shape index (κ1) is 12.3. The van der Waals surface area contributed by atoms with Crippen LogP contribution in [0.15, 0.2) is 29.7 Å². The number of aryl methyl sites for hydroxylation is 1. The lowest BCUT2D eigenvalue weighted by atomic mass is 10.4. The summed E-state index contributed by atoms with van der Waals surface area (Å²) < 4.78 is 27.8. The van der Waals surface area contributed by atoms with E-state index in [1.54, 1.807) is 7.05 Å². The second-order valence-corrected chi connectivity index (χ2v) is 4.98. The molecular formula is C8H11N7O2S.